The SMILES string of the molecule is CCCC(=NOCC)C1C(=O)CC(NC(=O)Nc2ccccc2C)CC1=O. The van der Waals surface area contributed by atoms with Crippen LogP contribution in [0.5, 0.6) is 0 Å². The first-order valence-electron chi connectivity index (χ1n) is 9.33. The van der Waals surface area contributed by atoms with Gasteiger partial charge >= 0.3 is 6.03 Å². The number of urea groups is 1. The van der Waals surface area contributed by atoms with Crippen LogP contribution in [0.1, 0.15) is 45.1 Å². The molecule has 0 bridgehead atoms. The zero-order valence-electron chi connectivity index (χ0n) is 16.1. The van der Waals surface area contributed by atoms with E-state index in [0.717, 1.165) is 12.0 Å². The van der Waals surface area contributed by atoms with E-state index in [2.05, 4.69) is 15.8 Å². The lowest BCUT2D eigenvalue weighted by atomic mass is 9.80. The quantitative estimate of drug-likeness (QED) is 0.436. The zero-order valence-corrected chi connectivity index (χ0v) is 16.1. The first-order chi connectivity index (χ1) is 13.0. The fraction of sp³-hybridized carbons (Fsp3) is 0.500. The lowest BCUT2D eigenvalue weighted by Crippen LogP contribution is -2.48. The number of carbonyl (C=O) groups excluding carboxylic acids is 3. The molecule has 1 fully saturated rings. The molecule has 2 N–H and O–H groups in total. The highest BCUT2D eigenvalue weighted by Crippen LogP contribution is 2.22. The average molecular weight is 373 g/mol. The molecule has 0 aliphatic heterocycles. The third-order valence-electron chi connectivity index (χ3n) is 4.42. The van der Waals surface area contributed by atoms with Crippen molar-refractivity contribution >= 4 is 29.0 Å². The minimum atomic E-state index is -0.853. The van der Waals surface area contributed by atoms with Crippen LogP contribution in [0.3, 0.4) is 0 Å². The van der Waals surface area contributed by atoms with Crippen LogP contribution < -0.4 is 10.6 Å². The van der Waals surface area contributed by atoms with Gasteiger partial charge in [0.1, 0.15) is 12.5 Å². The minimum absolute atomic E-state index is 0.104. The second kappa shape index (κ2) is 9.85. The van der Waals surface area contributed by atoms with Gasteiger partial charge in [-0.1, -0.05) is 36.7 Å². The average Bonchev–Trinajstić information content (AvgIpc) is 2.61. The molecule has 2 amide bonds. The molecule has 0 heterocycles. The molecule has 0 aromatic heterocycles. The maximum atomic E-state index is 12.6. The normalized spacial score (nSPS) is 20.3. The summed E-state index contributed by atoms with van der Waals surface area (Å²) < 4.78 is 0. The Labute approximate surface area is 159 Å². The van der Waals surface area contributed by atoms with Crippen molar-refractivity contribution in [3.8, 4) is 0 Å². The Hall–Kier alpha value is -2.70. The van der Waals surface area contributed by atoms with Gasteiger partial charge in [0, 0.05) is 24.6 Å². The molecule has 1 saturated carbocycles. The zero-order chi connectivity index (χ0) is 19.8. The summed E-state index contributed by atoms with van der Waals surface area (Å²) in [6, 6.07) is 6.46. The first kappa shape index (κ1) is 20.6. The van der Waals surface area contributed by atoms with Crippen LogP contribution in [0.2, 0.25) is 0 Å². The van der Waals surface area contributed by atoms with E-state index < -0.39 is 18.0 Å². The molecule has 0 spiro atoms. The van der Waals surface area contributed by atoms with Gasteiger partial charge in [-0.2, -0.15) is 0 Å². The van der Waals surface area contributed by atoms with Gasteiger partial charge in [0.25, 0.3) is 0 Å². The summed E-state index contributed by atoms with van der Waals surface area (Å²) in [4.78, 5) is 42.4. The second-order valence-electron chi connectivity index (χ2n) is 6.63. The fourth-order valence-electron chi connectivity index (χ4n) is 3.15. The Morgan fingerprint density at radius 1 is 1.19 bits per heavy atom. The first-order valence-corrected chi connectivity index (χ1v) is 9.33. The number of Topliss-reactive ketones (excluding diaryl/α,β-unsaturated/α-hetero) is 2. The number of ketones is 2. The van der Waals surface area contributed by atoms with Crippen LogP contribution in [0.15, 0.2) is 29.4 Å². The monoisotopic (exact) mass is 373 g/mol. The lowest BCUT2D eigenvalue weighted by molar-refractivity contribution is -0.133. The molecule has 2 rings (SSSR count). The number of nitrogens with zero attached hydrogens (tertiary/aromatic N) is 1. The van der Waals surface area contributed by atoms with E-state index in [1.54, 1.807) is 13.0 Å². The Bertz CT molecular complexity index is 712. The number of amides is 2. The topological polar surface area (TPSA) is 96.9 Å². The number of hydrogen-bond donors (Lipinski definition) is 2. The number of anilines is 1. The molecule has 1 aromatic carbocycles. The molecule has 1 aliphatic carbocycles. The Morgan fingerprint density at radius 2 is 1.85 bits per heavy atom. The van der Waals surface area contributed by atoms with Crippen molar-refractivity contribution in [1.29, 1.82) is 0 Å². The lowest BCUT2D eigenvalue weighted by Gasteiger charge is -2.27. The molecule has 7 nitrogen and oxygen atoms in total. The number of rotatable bonds is 7. The number of oxime groups is 1. The van der Waals surface area contributed by atoms with E-state index in [4.69, 9.17) is 4.84 Å². The highest BCUT2D eigenvalue weighted by Gasteiger charge is 2.39. The summed E-state index contributed by atoms with van der Waals surface area (Å²) in [6.07, 6.45) is 1.51. The fourth-order valence-corrected chi connectivity index (χ4v) is 3.15. The summed E-state index contributed by atoms with van der Waals surface area (Å²) in [5.74, 6) is -1.30. The highest BCUT2D eigenvalue weighted by molar-refractivity contribution is 6.22. The van der Waals surface area contributed by atoms with Gasteiger partial charge in [-0.15, -0.1) is 0 Å². The molecule has 1 aromatic rings. The summed E-state index contributed by atoms with van der Waals surface area (Å²) in [5, 5.41) is 9.46. The maximum Gasteiger partial charge on any atom is 0.319 e. The van der Waals surface area contributed by atoms with Crippen molar-refractivity contribution in [3.63, 3.8) is 0 Å². The summed E-state index contributed by atoms with van der Waals surface area (Å²) in [7, 11) is 0. The number of nitrogens with one attached hydrogen (secondary N) is 2. The smallest absolute Gasteiger partial charge is 0.319 e. The standard InChI is InChI=1S/C20H27N3O4/c1-4-8-16(23-27-5-2)19-17(24)11-14(12-18(19)25)21-20(26)22-15-10-7-6-9-13(15)3/h6-7,9-10,14,19H,4-5,8,11-12H2,1-3H3,(H2,21,22,26). The van der Waals surface area contributed by atoms with Gasteiger partial charge in [0.2, 0.25) is 0 Å². The molecule has 27 heavy (non-hydrogen) atoms. The van der Waals surface area contributed by atoms with E-state index in [1.165, 1.54) is 0 Å². The Kier molecular flexibility index (Phi) is 7.52. The highest BCUT2D eigenvalue weighted by atomic mass is 16.6. The van der Waals surface area contributed by atoms with Crippen LogP contribution in [-0.2, 0) is 14.4 Å². The van der Waals surface area contributed by atoms with Crippen LogP contribution in [0, 0.1) is 12.8 Å². The Balaban J connectivity index is 1.99. The molecule has 0 saturated heterocycles. The predicted molar refractivity (Wildman–Crippen MR) is 104 cm³/mol. The van der Waals surface area contributed by atoms with Gasteiger partial charge in [-0.25, -0.2) is 4.79 Å². The largest absolute Gasteiger partial charge is 0.396 e. The summed E-state index contributed by atoms with van der Waals surface area (Å²) >= 11 is 0. The molecule has 0 atom stereocenters. The van der Waals surface area contributed by atoms with Crippen molar-refractivity contribution < 1.29 is 19.2 Å². The predicted octanol–water partition coefficient (Wildman–Crippen LogP) is 3.23. The van der Waals surface area contributed by atoms with Gasteiger partial charge in [-0.05, 0) is 31.9 Å². The van der Waals surface area contributed by atoms with Crippen LogP contribution >= 0.6 is 0 Å². The van der Waals surface area contributed by atoms with E-state index in [0.29, 0.717) is 24.4 Å². The van der Waals surface area contributed by atoms with Gasteiger partial charge in [-0.3, -0.25) is 9.59 Å². The number of benzene rings is 1. The van der Waals surface area contributed by atoms with Crippen LogP contribution in [-0.4, -0.2) is 36.0 Å². The molecule has 7 heteroatoms. The van der Waals surface area contributed by atoms with Crippen molar-refractivity contribution in [2.24, 2.45) is 11.1 Å². The van der Waals surface area contributed by atoms with E-state index in [9.17, 15) is 14.4 Å². The van der Waals surface area contributed by atoms with Crippen molar-refractivity contribution in [1.82, 2.24) is 5.32 Å². The van der Waals surface area contributed by atoms with Gasteiger partial charge in [0.05, 0.1) is 5.71 Å². The molecule has 1 aliphatic rings. The third kappa shape index (κ3) is 5.64. The molecule has 146 valence electrons. The summed E-state index contributed by atoms with van der Waals surface area (Å²) in [5.41, 5.74) is 2.10. The van der Waals surface area contributed by atoms with Crippen molar-refractivity contribution in [2.45, 2.75) is 52.5 Å². The number of aryl methyl sites for hydroxylation is 1. The molecular weight excluding hydrogens is 346 g/mol. The number of hydrogen-bond acceptors (Lipinski definition) is 5. The molecule has 0 unspecified atom stereocenters. The van der Waals surface area contributed by atoms with Crippen molar-refractivity contribution in [2.75, 3.05) is 11.9 Å². The summed E-state index contributed by atoms with van der Waals surface area (Å²) in [6.45, 7) is 6.02. The van der Waals surface area contributed by atoms with Crippen molar-refractivity contribution in [3.05, 3.63) is 29.8 Å². The minimum Gasteiger partial charge on any atom is -0.396 e. The third-order valence-corrected chi connectivity index (χ3v) is 4.42. The molecule has 0 radical (unpaired) electrons. The number of para-hydroxylation sites is 1. The second-order valence-corrected chi connectivity index (χ2v) is 6.63. The van der Waals surface area contributed by atoms with E-state index in [-0.39, 0.29) is 24.4 Å². The van der Waals surface area contributed by atoms with Crippen LogP contribution in [0.25, 0.3) is 0 Å². The van der Waals surface area contributed by atoms with E-state index >= 15 is 0 Å². The van der Waals surface area contributed by atoms with Crippen LogP contribution in [0.4, 0.5) is 10.5 Å². The van der Waals surface area contributed by atoms with E-state index in [1.807, 2.05) is 32.0 Å². The van der Waals surface area contributed by atoms with Gasteiger partial charge < -0.3 is 15.5 Å². The maximum absolute atomic E-state index is 12.6. The molecular formula is C20H27N3O4. The Morgan fingerprint density at radius 3 is 2.44 bits per heavy atom. The number of carbonyl (C=O) groups is 3. The van der Waals surface area contributed by atoms with Gasteiger partial charge in [0.15, 0.2) is 11.6 Å².